The number of nitrogens with one attached hydrogen (secondary N) is 2. The number of H-pyrrole nitrogens is 2. The number of hydrogen-bond donors (Lipinski definition) is 4. The molecule has 0 radical (unpaired) electrons. The van der Waals surface area contributed by atoms with E-state index in [0.29, 0.717) is 11.1 Å². The summed E-state index contributed by atoms with van der Waals surface area (Å²) in [6.07, 6.45) is 0.762. The van der Waals surface area contributed by atoms with E-state index in [1.165, 1.54) is 52.7 Å². The average molecular weight is 860 g/mol. The Balaban J connectivity index is 1.22. The molecule has 1 fully saturated rings. The van der Waals surface area contributed by atoms with Crippen molar-refractivity contribution >= 4 is 17.8 Å². The predicted octanol–water partition coefficient (Wildman–Crippen LogP) is 8.41. The monoisotopic (exact) mass is 859 g/mol. The Hall–Kier alpha value is -7.03. The van der Waals surface area contributed by atoms with Gasteiger partial charge in [0.05, 0.1) is 49.6 Å². The molecule has 1 unspecified atom stereocenters. The molecule has 5 aromatic carbocycles. The number of hydrogen-bond acceptors (Lipinski definition) is 10. The predicted molar refractivity (Wildman–Crippen MR) is 238 cm³/mol. The Labute approximate surface area is 370 Å². The van der Waals surface area contributed by atoms with Crippen molar-refractivity contribution < 1.29 is 38.8 Å². The van der Waals surface area contributed by atoms with E-state index in [-0.39, 0.29) is 30.2 Å². The average Bonchev–Trinajstić information content (AvgIpc) is 4.11. The normalized spacial score (nSPS) is 18.7. The summed E-state index contributed by atoms with van der Waals surface area (Å²) in [7, 11) is 0. The molecule has 3 heterocycles. The molecule has 7 aromatic rings. The van der Waals surface area contributed by atoms with Gasteiger partial charge in [0.15, 0.2) is 16.7 Å². The van der Waals surface area contributed by atoms with Crippen LogP contribution in [0.4, 0.5) is 4.79 Å². The van der Waals surface area contributed by atoms with Gasteiger partial charge in [0, 0.05) is 0 Å². The number of ketones is 1. The molecule has 0 saturated carbocycles. The first-order valence-corrected chi connectivity index (χ1v) is 20.9. The van der Waals surface area contributed by atoms with Gasteiger partial charge in [0.2, 0.25) is 5.78 Å². The van der Waals surface area contributed by atoms with Gasteiger partial charge >= 0.3 is 6.09 Å². The lowest BCUT2D eigenvalue weighted by Crippen LogP contribution is -2.69. The van der Waals surface area contributed by atoms with Crippen LogP contribution >= 0.6 is 0 Å². The van der Waals surface area contributed by atoms with Gasteiger partial charge in [0.25, 0.3) is 5.91 Å². The van der Waals surface area contributed by atoms with Crippen molar-refractivity contribution in [2.75, 3.05) is 0 Å². The molecule has 2 amide bonds. The lowest BCUT2D eigenvalue weighted by atomic mass is 9.66. The number of aromatic amines is 2. The molecule has 1 saturated heterocycles. The molecule has 64 heavy (non-hydrogen) atoms. The van der Waals surface area contributed by atoms with E-state index in [9.17, 15) is 15.0 Å². The second-order valence-corrected chi connectivity index (χ2v) is 16.7. The van der Waals surface area contributed by atoms with Crippen molar-refractivity contribution in [2.45, 2.75) is 75.5 Å². The fourth-order valence-corrected chi connectivity index (χ4v) is 8.49. The van der Waals surface area contributed by atoms with Gasteiger partial charge < -0.3 is 34.4 Å². The first kappa shape index (κ1) is 43.6. The van der Waals surface area contributed by atoms with Gasteiger partial charge in [0.1, 0.15) is 17.8 Å². The van der Waals surface area contributed by atoms with Crippen LogP contribution in [-0.2, 0) is 42.6 Å². The summed E-state index contributed by atoms with van der Waals surface area (Å²) in [5.41, 5.74) is -2.95. The minimum atomic E-state index is -2.36. The summed E-state index contributed by atoms with van der Waals surface area (Å²) < 4.78 is 19.2. The zero-order valence-electron chi connectivity index (χ0n) is 35.8. The Kier molecular flexibility index (Phi) is 12.0. The van der Waals surface area contributed by atoms with Crippen molar-refractivity contribution in [1.29, 1.82) is 0 Å². The Morgan fingerprint density at radius 1 is 0.641 bits per heavy atom. The number of imidazole rings is 2. The number of carbonyl (C=O) groups excluding carboxylic acids is 3. The summed E-state index contributed by atoms with van der Waals surface area (Å²) in [4.78, 5) is 61.3. The number of Topliss-reactive ketones (excluding diaryl/α,β-unsaturated/α-hetero) is 1. The zero-order valence-corrected chi connectivity index (χ0v) is 35.8. The van der Waals surface area contributed by atoms with E-state index in [0.717, 1.165) is 27.2 Å². The number of nitrogens with zero attached hydrogens (tertiary/aromatic N) is 3. The van der Waals surface area contributed by atoms with E-state index >= 15 is 9.59 Å². The Morgan fingerprint density at radius 2 is 1.05 bits per heavy atom. The van der Waals surface area contributed by atoms with Crippen LogP contribution in [0.15, 0.2) is 165 Å². The summed E-state index contributed by atoms with van der Waals surface area (Å²) in [5, 5.41) is 24.5. The van der Waals surface area contributed by atoms with Crippen molar-refractivity contribution in [3.63, 3.8) is 0 Å². The fraction of sp³-hybridized carbons (Fsp3) is 0.235. The van der Waals surface area contributed by atoms with E-state index in [1.807, 2.05) is 109 Å². The Morgan fingerprint density at radius 3 is 1.48 bits per heavy atom. The smallest absolute Gasteiger partial charge is 0.418 e. The second kappa shape index (κ2) is 17.6. The molecule has 13 heteroatoms. The number of imide groups is 1. The van der Waals surface area contributed by atoms with Crippen LogP contribution in [0, 0.1) is 0 Å². The van der Waals surface area contributed by atoms with E-state index in [4.69, 9.17) is 14.2 Å². The zero-order chi connectivity index (χ0) is 45.1. The van der Waals surface area contributed by atoms with Gasteiger partial charge in [-0.05, 0) is 66.6 Å². The first-order chi connectivity index (χ1) is 30.8. The highest BCUT2D eigenvalue weighted by Gasteiger charge is 2.73. The highest BCUT2D eigenvalue weighted by molar-refractivity contribution is 6.10. The molecule has 0 spiro atoms. The van der Waals surface area contributed by atoms with E-state index in [2.05, 4.69) is 19.9 Å². The van der Waals surface area contributed by atoms with Crippen molar-refractivity contribution in [2.24, 2.45) is 0 Å². The maximum absolute atomic E-state index is 16.3. The number of benzene rings is 5. The van der Waals surface area contributed by atoms with Crippen molar-refractivity contribution in [3.05, 3.63) is 193 Å². The van der Waals surface area contributed by atoms with Crippen LogP contribution in [0.3, 0.4) is 0 Å². The number of aliphatic hydroxyl groups is 2. The van der Waals surface area contributed by atoms with Crippen LogP contribution < -0.4 is 0 Å². The molecule has 1 aliphatic heterocycles. The van der Waals surface area contributed by atoms with Gasteiger partial charge in [-0.15, -0.1) is 0 Å². The topological polar surface area (TPSA) is 180 Å². The number of ether oxygens (including phenoxy) is 3. The highest BCUT2D eigenvalue weighted by atomic mass is 16.6. The molecule has 5 atom stereocenters. The number of carbonyl (C=O) groups is 3. The van der Waals surface area contributed by atoms with Crippen LogP contribution in [0.5, 0.6) is 0 Å². The number of rotatable bonds is 16. The molecule has 326 valence electrons. The largest absolute Gasteiger partial charge is 0.440 e. The molecule has 8 rings (SSSR count). The molecular formula is C51H49N5O8. The molecule has 0 aliphatic carbocycles. The third-order valence-electron chi connectivity index (χ3n) is 12.2. The number of aromatic nitrogens is 4. The minimum Gasteiger partial charge on any atom is -0.440 e. The van der Waals surface area contributed by atoms with E-state index in [1.54, 1.807) is 30.3 Å². The van der Waals surface area contributed by atoms with E-state index < -0.39 is 52.3 Å². The summed E-state index contributed by atoms with van der Waals surface area (Å²) in [6.45, 7) is 5.45. The van der Waals surface area contributed by atoms with Crippen LogP contribution in [-0.4, -0.2) is 69.6 Å². The molecule has 0 bridgehead atoms. The third kappa shape index (κ3) is 7.83. The summed E-state index contributed by atoms with van der Waals surface area (Å²) in [5.74, 6) is -1.99. The van der Waals surface area contributed by atoms with Crippen molar-refractivity contribution in [3.8, 4) is 22.3 Å². The minimum absolute atomic E-state index is 0.111. The molecule has 2 aromatic heterocycles. The van der Waals surface area contributed by atoms with Gasteiger partial charge in [-0.1, -0.05) is 140 Å². The molecule has 13 nitrogen and oxygen atoms in total. The maximum atomic E-state index is 16.3. The fourth-order valence-electron chi connectivity index (χ4n) is 8.49. The van der Waals surface area contributed by atoms with Gasteiger partial charge in [-0.2, -0.15) is 0 Å². The quantitative estimate of drug-likeness (QED) is 0.0737. The van der Waals surface area contributed by atoms with Crippen LogP contribution in [0.1, 0.15) is 68.0 Å². The first-order valence-electron chi connectivity index (χ1n) is 20.9. The summed E-state index contributed by atoms with van der Waals surface area (Å²) >= 11 is 0. The van der Waals surface area contributed by atoms with Gasteiger partial charge in [-0.3, -0.25) is 9.59 Å². The Bertz CT molecular complexity index is 2680. The van der Waals surface area contributed by atoms with Crippen LogP contribution in [0.25, 0.3) is 22.3 Å². The second-order valence-electron chi connectivity index (χ2n) is 16.7. The number of cyclic esters (lactones) is 1. The SMILES string of the molecule is CC1(C)OC(=O)N(C(=O)[C@@](C)(OCc2ccc(-c3ccccc3)cc2)[C@@H](O)c2cnc[nH]2)C1(C(=O)[C@@](C)(OCc1ccc(-c2ccccc2)cc1)[C@@H](O)c1cnc[nH]1)c1ccccc1. The van der Waals surface area contributed by atoms with Crippen LogP contribution in [0.2, 0.25) is 0 Å². The highest BCUT2D eigenvalue weighted by Crippen LogP contribution is 2.53. The maximum Gasteiger partial charge on any atom is 0.418 e. The summed E-state index contributed by atoms with van der Waals surface area (Å²) in [6, 6.07) is 43.0. The molecule has 1 aliphatic rings. The standard InChI is InChI=1S/C51H49N5O8/c1-48(2)51(40-18-12-7-13-19-40,45(59)49(3,43(57)41-28-52-32-54-41)62-30-34-20-24-38(25-21-34)36-14-8-5-9-15-36)56(47(61)64-48)46(60)50(4,44(58)42-29-53-33-55-42)63-31-35-22-26-39(27-23-35)37-16-10-6-11-17-37/h5-29,32-33,43-44,57-58H,30-31H2,1-4H3,(H,52,54)(H,53,55)/t43-,44-,49-,50-,51?/m0/s1. The number of amides is 2. The lowest BCUT2D eigenvalue weighted by Gasteiger charge is -2.48. The molecular weight excluding hydrogens is 811 g/mol. The van der Waals surface area contributed by atoms with Gasteiger partial charge in [-0.25, -0.2) is 19.7 Å². The lowest BCUT2D eigenvalue weighted by molar-refractivity contribution is -0.191. The third-order valence-corrected chi connectivity index (χ3v) is 12.2. The van der Waals surface area contributed by atoms with Crippen molar-refractivity contribution in [1.82, 2.24) is 24.8 Å². The molecule has 4 N–H and O–H groups in total. The number of aliphatic hydroxyl groups excluding tert-OH is 2.